The van der Waals surface area contributed by atoms with Gasteiger partial charge in [-0.25, -0.2) is 9.37 Å². The van der Waals surface area contributed by atoms with Crippen molar-refractivity contribution >= 4 is 5.78 Å². The van der Waals surface area contributed by atoms with E-state index in [1.165, 1.54) is 18.8 Å². The van der Waals surface area contributed by atoms with Crippen LogP contribution >= 0.6 is 0 Å². The number of carbonyl (C=O) groups is 1. The quantitative estimate of drug-likeness (QED) is 0.614. The lowest BCUT2D eigenvalue weighted by Crippen LogP contribution is -2.20. The molecule has 1 saturated carbocycles. The number of aryl methyl sites for hydroxylation is 1. The largest absolute Gasteiger partial charge is 0.378 e. The van der Waals surface area contributed by atoms with Gasteiger partial charge in [-0.15, -0.1) is 0 Å². The first-order chi connectivity index (χ1) is 10.0. The molecule has 0 atom stereocenters. The number of carbonyl (C=O) groups excluding carboxylic acids is 1. The molecule has 0 spiro atoms. The van der Waals surface area contributed by atoms with Gasteiger partial charge in [0, 0.05) is 25.8 Å². The molecule has 0 bridgehead atoms. The molecule has 21 heavy (non-hydrogen) atoms. The van der Waals surface area contributed by atoms with Crippen LogP contribution in [0.3, 0.4) is 0 Å². The summed E-state index contributed by atoms with van der Waals surface area (Å²) in [5.74, 6) is -0.500. The maximum atomic E-state index is 14.1. The van der Waals surface area contributed by atoms with Crippen molar-refractivity contribution in [1.82, 2.24) is 14.5 Å². The van der Waals surface area contributed by atoms with Crippen molar-refractivity contribution in [3.05, 3.63) is 29.7 Å². The first-order valence-corrected chi connectivity index (χ1v) is 7.70. The van der Waals surface area contributed by atoms with Crippen LogP contribution in [0.15, 0.2) is 18.2 Å². The van der Waals surface area contributed by atoms with Crippen molar-refractivity contribution in [2.24, 2.45) is 0 Å². The number of hydrogen-bond donors (Lipinski definition) is 0. The van der Waals surface area contributed by atoms with Crippen LogP contribution in [0.2, 0.25) is 0 Å². The molecule has 2 rings (SSSR count). The molecule has 0 radical (unpaired) electrons. The van der Waals surface area contributed by atoms with Crippen molar-refractivity contribution in [1.29, 1.82) is 0 Å². The maximum absolute atomic E-state index is 14.1. The Morgan fingerprint density at radius 1 is 1.48 bits per heavy atom. The van der Waals surface area contributed by atoms with E-state index in [1.807, 2.05) is 18.4 Å². The third-order valence-corrected chi connectivity index (χ3v) is 4.20. The van der Waals surface area contributed by atoms with Crippen LogP contribution in [-0.4, -0.2) is 33.8 Å². The van der Waals surface area contributed by atoms with Crippen molar-refractivity contribution in [3.8, 4) is 0 Å². The molecule has 5 heteroatoms. The Hall–Kier alpha value is -1.65. The smallest absolute Gasteiger partial charge is 0.240 e. The molecule has 0 saturated heterocycles. The standard InChI is InChI=1S/C16H24FN3O/c1-4-19(3)11-14(17)16(21)15-10-18-12(2)20(15)13-8-6-5-7-9-13/h10-11,13H,4-9H2,1-3H3/b14-11-. The van der Waals surface area contributed by atoms with Crippen molar-refractivity contribution in [2.45, 2.75) is 52.0 Å². The molecular formula is C16H24FN3O. The van der Waals surface area contributed by atoms with Gasteiger partial charge in [0.2, 0.25) is 5.78 Å². The zero-order valence-corrected chi connectivity index (χ0v) is 13.1. The van der Waals surface area contributed by atoms with E-state index >= 15 is 0 Å². The van der Waals surface area contributed by atoms with E-state index in [9.17, 15) is 9.18 Å². The van der Waals surface area contributed by atoms with Gasteiger partial charge < -0.3 is 9.47 Å². The first kappa shape index (κ1) is 15.7. The predicted octanol–water partition coefficient (Wildman–Crippen LogP) is 3.64. The zero-order chi connectivity index (χ0) is 15.4. The summed E-state index contributed by atoms with van der Waals surface area (Å²) in [5.41, 5.74) is 0.373. The highest BCUT2D eigenvalue weighted by molar-refractivity contribution is 6.05. The van der Waals surface area contributed by atoms with Gasteiger partial charge in [0.15, 0.2) is 5.83 Å². The van der Waals surface area contributed by atoms with Gasteiger partial charge in [-0.05, 0) is 26.7 Å². The Bertz CT molecular complexity index is 530. The summed E-state index contributed by atoms with van der Waals surface area (Å²) in [4.78, 5) is 18.2. The Labute approximate surface area is 125 Å². The van der Waals surface area contributed by atoms with Gasteiger partial charge in [-0.3, -0.25) is 4.79 Å². The highest BCUT2D eigenvalue weighted by Crippen LogP contribution is 2.31. The topological polar surface area (TPSA) is 38.1 Å². The van der Waals surface area contributed by atoms with E-state index in [0.717, 1.165) is 31.5 Å². The summed E-state index contributed by atoms with van der Waals surface area (Å²) in [6.07, 6.45) is 8.40. The monoisotopic (exact) mass is 293 g/mol. The molecule has 1 aromatic rings. The average molecular weight is 293 g/mol. The predicted molar refractivity (Wildman–Crippen MR) is 80.9 cm³/mol. The SMILES string of the molecule is CCN(C)/C=C(\F)C(=O)c1cnc(C)n1C1CCCCC1. The highest BCUT2D eigenvalue weighted by Gasteiger charge is 2.25. The molecule has 116 valence electrons. The van der Waals surface area contributed by atoms with Crippen LogP contribution in [-0.2, 0) is 0 Å². The fourth-order valence-electron chi connectivity index (χ4n) is 2.89. The van der Waals surface area contributed by atoms with E-state index in [0.29, 0.717) is 12.2 Å². The van der Waals surface area contributed by atoms with Crippen LogP contribution in [0, 0.1) is 6.92 Å². The zero-order valence-electron chi connectivity index (χ0n) is 13.1. The minimum Gasteiger partial charge on any atom is -0.378 e. The lowest BCUT2D eigenvalue weighted by atomic mass is 9.95. The number of rotatable bonds is 5. The van der Waals surface area contributed by atoms with E-state index in [4.69, 9.17) is 0 Å². The molecule has 0 amide bonds. The first-order valence-electron chi connectivity index (χ1n) is 7.70. The van der Waals surface area contributed by atoms with Gasteiger partial charge in [-0.2, -0.15) is 0 Å². The molecular weight excluding hydrogens is 269 g/mol. The maximum Gasteiger partial charge on any atom is 0.240 e. The Kier molecular flexibility index (Phi) is 5.15. The lowest BCUT2D eigenvalue weighted by Gasteiger charge is -2.25. The molecule has 0 unspecified atom stereocenters. The molecule has 1 aromatic heterocycles. The average Bonchev–Trinajstić information content (AvgIpc) is 2.88. The van der Waals surface area contributed by atoms with Gasteiger partial charge in [0.1, 0.15) is 11.5 Å². The van der Waals surface area contributed by atoms with Gasteiger partial charge >= 0.3 is 0 Å². The van der Waals surface area contributed by atoms with Gasteiger partial charge in [0.25, 0.3) is 0 Å². The number of imidazole rings is 1. The summed E-state index contributed by atoms with van der Waals surface area (Å²) in [6.45, 7) is 4.44. The summed E-state index contributed by atoms with van der Waals surface area (Å²) in [5, 5.41) is 0. The molecule has 0 aliphatic heterocycles. The Morgan fingerprint density at radius 2 is 2.14 bits per heavy atom. The molecule has 1 fully saturated rings. The number of allylic oxidation sites excluding steroid dienone is 1. The van der Waals surface area contributed by atoms with Crippen molar-refractivity contribution in [3.63, 3.8) is 0 Å². The molecule has 1 heterocycles. The normalized spacial score (nSPS) is 17.0. The molecule has 0 aromatic carbocycles. The third kappa shape index (κ3) is 3.52. The number of Topliss-reactive ketones (excluding diaryl/α,β-unsaturated/α-hetero) is 1. The number of nitrogens with zero attached hydrogens (tertiary/aromatic N) is 3. The van der Waals surface area contributed by atoms with Crippen LogP contribution < -0.4 is 0 Å². The van der Waals surface area contributed by atoms with Crippen molar-refractivity contribution < 1.29 is 9.18 Å². The van der Waals surface area contributed by atoms with Crippen LogP contribution in [0.5, 0.6) is 0 Å². The summed E-state index contributed by atoms with van der Waals surface area (Å²) in [7, 11) is 1.75. The second kappa shape index (κ2) is 6.87. The van der Waals surface area contributed by atoms with Gasteiger partial charge in [0.05, 0.1) is 6.20 Å². The van der Waals surface area contributed by atoms with Crippen LogP contribution in [0.25, 0.3) is 0 Å². The van der Waals surface area contributed by atoms with E-state index < -0.39 is 11.6 Å². The van der Waals surface area contributed by atoms with E-state index in [-0.39, 0.29) is 6.04 Å². The highest BCUT2D eigenvalue weighted by atomic mass is 19.1. The lowest BCUT2D eigenvalue weighted by molar-refractivity contribution is 0.0988. The fourth-order valence-corrected chi connectivity index (χ4v) is 2.89. The van der Waals surface area contributed by atoms with Crippen molar-refractivity contribution in [2.75, 3.05) is 13.6 Å². The summed E-state index contributed by atoms with van der Waals surface area (Å²) < 4.78 is 16.0. The molecule has 1 aliphatic carbocycles. The number of aromatic nitrogens is 2. The Balaban J connectivity index is 2.27. The van der Waals surface area contributed by atoms with Crippen LogP contribution in [0.1, 0.15) is 61.4 Å². The number of hydrogen-bond acceptors (Lipinski definition) is 3. The number of halogens is 1. The van der Waals surface area contributed by atoms with Crippen LogP contribution in [0.4, 0.5) is 4.39 Å². The molecule has 0 N–H and O–H groups in total. The summed E-state index contributed by atoms with van der Waals surface area (Å²) in [6, 6.07) is 0.275. The third-order valence-electron chi connectivity index (χ3n) is 4.20. The second-order valence-corrected chi connectivity index (χ2v) is 5.73. The van der Waals surface area contributed by atoms with E-state index in [2.05, 4.69) is 4.98 Å². The fraction of sp³-hybridized carbons (Fsp3) is 0.625. The molecule has 1 aliphatic rings. The van der Waals surface area contributed by atoms with E-state index in [1.54, 1.807) is 11.9 Å². The Morgan fingerprint density at radius 3 is 2.76 bits per heavy atom. The number of ketones is 1. The second-order valence-electron chi connectivity index (χ2n) is 5.73. The minimum atomic E-state index is -0.726. The summed E-state index contributed by atoms with van der Waals surface area (Å²) >= 11 is 0. The minimum absolute atomic E-state index is 0.275. The molecule has 4 nitrogen and oxygen atoms in total. The van der Waals surface area contributed by atoms with Gasteiger partial charge in [-0.1, -0.05) is 19.3 Å².